The van der Waals surface area contributed by atoms with Gasteiger partial charge < -0.3 is 10.1 Å². The molecule has 1 saturated carbocycles. The zero-order chi connectivity index (χ0) is 22.1. The second kappa shape index (κ2) is 9.28. The number of aliphatic imine (C=N–C) groups is 1. The van der Waals surface area contributed by atoms with Crippen molar-refractivity contribution in [1.29, 1.82) is 0 Å². The second-order valence-electron chi connectivity index (χ2n) is 7.14. The summed E-state index contributed by atoms with van der Waals surface area (Å²) in [5, 5.41) is 3.62. The Morgan fingerprint density at radius 2 is 1.84 bits per heavy atom. The maximum atomic E-state index is 13.0. The quantitative estimate of drug-likeness (QED) is 0.513. The fraction of sp³-hybridized carbons (Fsp3) is 0.286. The first-order valence-corrected chi connectivity index (χ1v) is 11.5. The molecule has 2 amide bonds. The molecule has 2 aromatic rings. The molecule has 1 aliphatic heterocycles. The number of rotatable bonds is 6. The molecule has 4 rings (SSSR count). The number of hydrogen-bond donors (Lipinski definition) is 1. The van der Waals surface area contributed by atoms with Crippen molar-refractivity contribution < 1.29 is 14.3 Å². The lowest BCUT2D eigenvalue weighted by atomic mass is 10.2. The van der Waals surface area contributed by atoms with E-state index in [1.807, 2.05) is 24.3 Å². The van der Waals surface area contributed by atoms with Gasteiger partial charge in [0.15, 0.2) is 5.17 Å². The number of nitrogens with one attached hydrogen (secondary N) is 1. The van der Waals surface area contributed by atoms with Crippen molar-refractivity contribution in [2.24, 2.45) is 4.99 Å². The lowest BCUT2D eigenvalue weighted by Gasteiger charge is -2.15. The monoisotopic (exact) mass is 497 g/mol. The van der Waals surface area contributed by atoms with Gasteiger partial charge in [-0.15, -0.1) is 0 Å². The molecule has 2 aromatic carbocycles. The Balaban J connectivity index is 1.48. The molecule has 1 saturated heterocycles. The third-order valence-corrected chi connectivity index (χ3v) is 7.02. The van der Waals surface area contributed by atoms with Gasteiger partial charge in [-0.25, -0.2) is 4.99 Å². The highest BCUT2D eigenvalue weighted by Crippen LogP contribution is 2.40. The van der Waals surface area contributed by atoms with Crippen LogP contribution < -0.4 is 10.1 Å². The number of nitrogens with zero attached hydrogens (tertiary/aromatic N) is 2. The van der Waals surface area contributed by atoms with Crippen molar-refractivity contribution in [3.63, 3.8) is 0 Å². The summed E-state index contributed by atoms with van der Waals surface area (Å²) in [6.45, 7) is 0. The Labute approximate surface area is 198 Å². The third kappa shape index (κ3) is 5.12. The molecular weight excluding hydrogens is 481 g/mol. The van der Waals surface area contributed by atoms with E-state index in [4.69, 9.17) is 39.5 Å². The molecule has 1 aliphatic carbocycles. The van der Waals surface area contributed by atoms with Crippen LogP contribution >= 0.6 is 46.6 Å². The van der Waals surface area contributed by atoms with Crippen LogP contribution in [0.4, 0.5) is 11.4 Å². The van der Waals surface area contributed by atoms with E-state index in [1.54, 1.807) is 12.0 Å². The maximum absolute atomic E-state index is 13.0. The topological polar surface area (TPSA) is 71.0 Å². The molecule has 0 unspecified atom stereocenters. The van der Waals surface area contributed by atoms with Crippen LogP contribution in [0.15, 0.2) is 41.4 Å². The van der Waals surface area contributed by atoms with Crippen LogP contribution in [0.1, 0.15) is 19.3 Å². The summed E-state index contributed by atoms with van der Waals surface area (Å²) in [7, 11) is 1.60. The fourth-order valence-corrected chi connectivity index (χ4v) is 4.93. The van der Waals surface area contributed by atoms with Crippen molar-refractivity contribution in [2.75, 3.05) is 12.4 Å². The van der Waals surface area contributed by atoms with Crippen LogP contribution in [0.3, 0.4) is 0 Å². The van der Waals surface area contributed by atoms with Crippen LogP contribution in [0.5, 0.6) is 5.75 Å². The lowest BCUT2D eigenvalue weighted by molar-refractivity contribution is -0.128. The SMILES string of the molecule is COc1ccc(N=C2S[C@H](CC(=O)Nc3cc(Cl)c(Cl)cc3Cl)C(=O)N2C2CC2)cc1. The van der Waals surface area contributed by atoms with E-state index in [1.165, 1.54) is 23.9 Å². The van der Waals surface area contributed by atoms with Crippen LogP contribution in [0, 0.1) is 0 Å². The van der Waals surface area contributed by atoms with Crippen molar-refractivity contribution >= 4 is 74.9 Å². The first-order valence-electron chi connectivity index (χ1n) is 9.52. The minimum atomic E-state index is -0.556. The van der Waals surface area contributed by atoms with Gasteiger partial charge in [0.1, 0.15) is 11.0 Å². The van der Waals surface area contributed by atoms with Gasteiger partial charge in [0.05, 0.1) is 33.6 Å². The molecule has 0 bridgehead atoms. The Bertz CT molecular complexity index is 1060. The highest BCUT2D eigenvalue weighted by Gasteiger charge is 2.46. The number of anilines is 1. The first-order chi connectivity index (χ1) is 14.9. The molecule has 2 fully saturated rings. The molecule has 0 radical (unpaired) electrons. The van der Waals surface area contributed by atoms with Gasteiger partial charge in [0.25, 0.3) is 0 Å². The van der Waals surface area contributed by atoms with E-state index in [9.17, 15) is 9.59 Å². The highest BCUT2D eigenvalue weighted by atomic mass is 35.5. The van der Waals surface area contributed by atoms with E-state index < -0.39 is 5.25 Å². The van der Waals surface area contributed by atoms with Gasteiger partial charge in [-0.1, -0.05) is 46.6 Å². The van der Waals surface area contributed by atoms with Crippen LogP contribution in [0.2, 0.25) is 15.1 Å². The van der Waals surface area contributed by atoms with Crippen LogP contribution in [-0.2, 0) is 9.59 Å². The minimum absolute atomic E-state index is 0.00900. The number of amides is 2. The Morgan fingerprint density at radius 1 is 1.16 bits per heavy atom. The van der Waals surface area contributed by atoms with Crippen molar-refractivity contribution in [1.82, 2.24) is 4.90 Å². The molecule has 1 N–H and O–H groups in total. The number of methoxy groups -OCH3 is 1. The molecular formula is C21H18Cl3N3O3S. The smallest absolute Gasteiger partial charge is 0.242 e. The largest absolute Gasteiger partial charge is 0.497 e. The number of amidine groups is 1. The standard InChI is InChI=1S/C21H18Cl3N3O3S/c1-30-13-6-2-11(3-7-13)25-21-27(12-4-5-12)20(29)18(31-21)10-19(28)26-17-9-15(23)14(22)8-16(17)24/h2-3,6-9,12,18H,4-5,10H2,1H3,(H,26,28)/t18-/m1/s1. The number of ether oxygens (including phenoxy) is 1. The summed E-state index contributed by atoms with van der Waals surface area (Å²) in [6.07, 6.45) is 1.86. The van der Waals surface area contributed by atoms with Gasteiger partial charge in [0.2, 0.25) is 11.8 Å². The van der Waals surface area contributed by atoms with Gasteiger partial charge in [-0.3, -0.25) is 14.5 Å². The van der Waals surface area contributed by atoms with E-state index >= 15 is 0 Å². The predicted octanol–water partition coefficient (Wildman–Crippen LogP) is 5.78. The molecule has 31 heavy (non-hydrogen) atoms. The number of benzene rings is 2. The molecule has 0 spiro atoms. The van der Waals surface area contributed by atoms with E-state index in [-0.39, 0.29) is 34.3 Å². The zero-order valence-electron chi connectivity index (χ0n) is 16.4. The molecule has 10 heteroatoms. The van der Waals surface area contributed by atoms with Crippen molar-refractivity contribution in [3.05, 3.63) is 51.5 Å². The summed E-state index contributed by atoms with van der Waals surface area (Å²) >= 11 is 19.4. The molecule has 1 atom stereocenters. The minimum Gasteiger partial charge on any atom is -0.497 e. The van der Waals surface area contributed by atoms with E-state index in [2.05, 4.69) is 10.3 Å². The van der Waals surface area contributed by atoms with Gasteiger partial charge in [-0.2, -0.15) is 0 Å². The average Bonchev–Trinajstić information content (AvgIpc) is 3.52. The highest BCUT2D eigenvalue weighted by molar-refractivity contribution is 8.15. The average molecular weight is 499 g/mol. The second-order valence-corrected chi connectivity index (χ2v) is 9.53. The summed E-state index contributed by atoms with van der Waals surface area (Å²) in [5.74, 6) is 0.288. The number of carbonyl (C=O) groups is 2. The first kappa shape index (κ1) is 22.3. The van der Waals surface area contributed by atoms with Crippen molar-refractivity contribution in [2.45, 2.75) is 30.6 Å². The number of halogens is 3. The Morgan fingerprint density at radius 3 is 2.48 bits per heavy atom. The molecule has 2 aliphatic rings. The van der Waals surface area contributed by atoms with Gasteiger partial charge >= 0.3 is 0 Å². The molecule has 162 valence electrons. The van der Waals surface area contributed by atoms with Crippen LogP contribution in [0.25, 0.3) is 0 Å². The summed E-state index contributed by atoms with van der Waals surface area (Å²) < 4.78 is 5.17. The molecule has 1 heterocycles. The predicted molar refractivity (Wildman–Crippen MR) is 126 cm³/mol. The van der Waals surface area contributed by atoms with Gasteiger partial charge in [0, 0.05) is 12.5 Å². The maximum Gasteiger partial charge on any atom is 0.242 e. The summed E-state index contributed by atoms with van der Waals surface area (Å²) in [4.78, 5) is 32.0. The normalized spacial score (nSPS) is 19.7. The molecule has 0 aromatic heterocycles. The number of carbonyl (C=O) groups excluding carboxylic acids is 2. The van der Waals surface area contributed by atoms with Crippen molar-refractivity contribution in [3.8, 4) is 5.75 Å². The fourth-order valence-electron chi connectivity index (χ4n) is 3.12. The molecule has 6 nitrogen and oxygen atoms in total. The lowest BCUT2D eigenvalue weighted by Crippen LogP contribution is -2.35. The van der Waals surface area contributed by atoms with E-state index in [0.717, 1.165) is 24.3 Å². The van der Waals surface area contributed by atoms with Crippen LogP contribution in [-0.4, -0.2) is 40.3 Å². The summed E-state index contributed by atoms with van der Waals surface area (Å²) in [5.41, 5.74) is 1.07. The Hall–Kier alpha value is -1.93. The zero-order valence-corrected chi connectivity index (χ0v) is 19.5. The number of hydrogen-bond acceptors (Lipinski definition) is 5. The Kier molecular flexibility index (Phi) is 6.67. The summed E-state index contributed by atoms with van der Waals surface area (Å²) in [6, 6.07) is 10.4. The van der Waals surface area contributed by atoms with Gasteiger partial charge in [-0.05, 0) is 49.2 Å². The third-order valence-electron chi connectivity index (χ3n) is 4.83. The van der Waals surface area contributed by atoms with E-state index in [0.29, 0.717) is 15.9 Å². The number of thioether (sulfide) groups is 1.